The predicted octanol–water partition coefficient (Wildman–Crippen LogP) is 1.31. The zero-order valence-corrected chi connectivity index (χ0v) is 12.2. The SMILES string of the molecule is CC1CN(C(=O)NCCc2cn3ccccc3n2)CCO1. The molecule has 2 aromatic rings. The van der Waals surface area contributed by atoms with Crippen molar-refractivity contribution in [3.8, 4) is 0 Å². The molecule has 21 heavy (non-hydrogen) atoms. The van der Waals surface area contributed by atoms with Crippen LogP contribution in [-0.2, 0) is 11.2 Å². The van der Waals surface area contributed by atoms with Crippen molar-refractivity contribution in [2.75, 3.05) is 26.2 Å². The topological polar surface area (TPSA) is 58.9 Å². The number of imidazole rings is 1. The number of ether oxygens (including phenoxy) is 1. The molecule has 1 aliphatic rings. The number of nitrogens with one attached hydrogen (secondary N) is 1. The van der Waals surface area contributed by atoms with Gasteiger partial charge in [0.2, 0.25) is 0 Å². The highest BCUT2D eigenvalue weighted by atomic mass is 16.5. The standard InChI is InChI=1S/C15H20N4O2/c1-12-10-19(8-9-21-12)15(20)16-6-5-13-11-18-7-3-2-4-14(18)17-13/h2-4,7,11-12H,5-6,8-10H2,1H3,(H,16,20). The number of carbonyl (C=O) groups excluding carboxylic acids is 1. The zero-order valence-electron chi connectivity index (χ0n) is 12.2. The fourth-order valence-electron chi connectivity index (χ4n) is 2.52. The average molecular weight is 288 g/mol. The predicted molar refractivity (Wildman–Crippen MR) is 79.3 cm³/mol. The molecule has 6 heteroatoms. The van der Waals surface area contributed by atoms with Crippen LogP contribution < -0.4 is 5.32 Å². The first kappa shape index (κ1) is 13.9. The fraction of sp³-hybridized carbons (Fsp3) is 0.467. The third-order valence-electron chi connectivity index (χ3n) is 3.60. The van der Waals surface area contributed by atoms with Gasteiger partial charge in [-0.1, -0.05) is 6.07 Å². The number of morpholine rings is 1. The molecular formula is C15H20N4O2. The van der Waals surface area contributed by atoms with E-state index in [1.54, 1.807) is 4.90 Å². The minimum absolute atomic E-state index is 0.0195. The van der Waals surface area contributed by atoms with E-state index in [4.69, 9.17) is 4.74 Å². The molecule has 0 aliphatic carbocycles. The minimum Gasteiger partial charge on any atom is -0.375 e. The van der Waals surface area contributed by atoms with E-state index in [0.29, 0.717) is 26.2 Å². The Labute approximate surface area is 123 Å². The fourth-order valence-corrected chi connectivity index (χ4v) is 2.52. The second-order valence-electron chi connectivity index (χ2n) is 5.31. The number of hydrogen-bond donors (Lipinski definition) is 1. The van der Waals surface area contributed by atoms with E-state index in [2.05, 4.69) is 10.3 Å². The minimum atomic E-state index is -0.0195. The Bertz CT molecular complexity index is 592. The number of fused-ring (bicyclic) bond motifs is 1. The number of aromatic nitrogens is 2. The van der Waals surface area contributed by atoms with E-state index in [1.165, 1.54) is 0 Å². The third-order valence-corrected chi connectivity index (χ3v) is 3.60. The van der Waals surface area contributed by atoms with Gasteiger partial charge in [-0.25, -0.2) is 9.78 Å². The molecule has 2 amide bonds. The maximum atomic E-state index is 12.0. The highest BCUT2D eigenvalue weighted by molar-refractivity contribution is 5.74. The summed E-state index contributed by atoms with van der Waals surface area (Å²) in [5, 5.41) is 2.95. The Hall–Kier alpha value is -2.08. The van der Waals surface area contributed by atoms with Gasteiger partial charge in [0.15, 0.2) is 0 Å². The number of amides is 2. The summed E-state index contributed by atoms with van der Waals surface area (Å²) in [5.41, 5.74) is 1.91. The molecule has 2 aromatic heterocycles. The molecule has 0 saturated carbocycles. The molecule has 3 heterocycles. The van der Waals surface area contributed by atoms with Crippen molar-refractivity contribution in [1.29, 1.82) is 0 Å². The van der Waals surface area contributed by atoms with E-state index in [9.17, 15) is 4.79 Å². The highest BCUT2D eigenvalue weighted by Crippen LogP contribution is 2.06. The van der Waals surface area contributed by atoms with Crippen LogP contribution in [0, 0.1) is 0 Å². The lowest BCUT2D eigenvalue weighted by molar-refractivity contribution is -0.00343. The van der Waals surface area contributed by atoms with Crippen LogP contribution >= 0.6 is 0 Å². The molecule has 3 rings (SSSR count). The Balaban J connectivity index is 1.50. The number of pyridine rings is 1. The summed E-state index contributed by atoms with van der Waals surface area (Å²) in [6, 6.07) is 5.89. The molecule has 6 nitrogen and oxygen atoms in total. The van der Waals surface area contributed by atoms with Gasteiger partial charge in [0.25, 0.3) is 0 Å². The lowest BCUT2D eigenvalue weighted by Crippen LogP contribution is -2.49. The van der Waals surface area contributed by atoms with E-state index >= 15 is 0 Å². The number of nitrogens with zero attached hydrogens (tertiary/aromatic N) is 3. The van der Waals surface area contributed by atoms with Crippen molar-refractivity contribution in [1.82, 2.24) is 19.6 Å². The first-order chi connectivity index (χ1) is 10.2. The van der Waals surface area contributed by atoms with E-state index in [0.717, 1.165) is 17.8 Å². The lowest BCUT2D eigenvalue weighted by Gasteiger charge is -2.31. The molecular weight excluding hydrogens is 268 g/mol. The van der Waals surface area contributed by atoms with E-state index in [-0.39, 0.29) is 12.1 Å². The van der Waals surface area contributed by atoms with Crippen LogP contribution in [0.2, 0.25) is 0 Å². The monoisotopic (exact) mass is 288 g/mol. The van der Waals surface area contributed by atoms with E-state index < -0.39 is 0 Å². The molecule has 112 valence electrons. The summed E-state index contributed by atoms with van der Waals surface area (Å²) in [7, 11) is 0. The van der Waals surface area contributed by atoms with Crippen molar-refractivity contribution in [2.24, 2.45) is 0 Å². The normalized spacial score (nSPS) is 18.9. The summed E-state index contributed by atoms with van der Waals surface area (Å²) < 4.78 is 7.42. The van der Waals surface area contributed by atoms with Crippen LogP contribution in [-0.4, -0.2) is 52.7 Å². The largest absolute Gasteiger partial charge is 0.375 e. The van der Waals surface area contributed by atoms with Crippen LogP contribution in [0.5, 0.6) is 0 Å². The molecule has 0 spiro atoms. The summed E-state index contributed by atoms with van der Waals surface area (Å²) in [4.78, 5) is 18.4. The van der Waals surface area contributed by atoms with Gasteiger partial charge in [-0.2, -0.15) is 0 Å². The number of carbonyl (C=O) groups is 1. The van der Waals surface area contributed by atoms with Crippen molar-refractivity contribution < 1.29 is 9.53 Å². The van der Waals surface area contributed by atoms with Crippen molar-refractivity contribution in [3.63, 3.8) is 0 Å². The van der Waals surface area contributed by atoms with Gasteiger partial charge < -0.3 is 19.4 Å². The van der Waals surface area contributed by atoms with Crippen LogP contribution in [0.4, 0.5) is 4.79 Å². The summed E-state index contributed by atoms with van der Waals surface area (Å²) in [5.74, 6) is 0. The van der Waals surface area contributed by atoms with Gasteiger partial charge in [0.05, 0.1) is 18.4 Å². The first-order valence-electron chi connectivity index (χ1n) is 7.29. The quantitative estimate of drug-likeness (QED) is 0.926. The van der Waals surface area contributed by atoms with Crippen LogP contribution in [0.15, 0.2) is 30.6 Å². The molecule has 1 unspecified atom stereocenters. The number of hydrogen-bond acceptors (Lipinski definition) is 3. The smallest absolute Gasteiger partial charge is 0.317 e. The molecule has 1 atom stereocenters. The molecule has 0 aromatic carbocycles. The molecule has 0 bridgehead atoms. The maximum Gasteiger partial charge on any atom is 0.317 e. The number of rotatable bonds is 3. The summed E-state index contributed by atoms with van der Waals surface area (Å²) in [6.07, 6.45) is 4.81. The van der Waals surface area contributed by atoms with Gasteiger partial charge >= 0.3 is 6.03 Å². The van der Waals surface area contributed by atoms with Crippen molar-refractivity contribution >= 4 is 11.7 Å². The van der Waals surface area contributed by atoms with Crippen molar-refractivity contribution in [2.45, 2.75) is 19.4 Å². The third kappa shape index (κ3) is 3.33. The maximum absolute atomic E-state index is 12.0. The highest BCUT2D eigenvalue weighted by Gasteiger charge is 2.20. The van der Waals surface area contributed by atoms with Gasteiger partial charge in [-0.3, -0.25) is 0 Å². The van der Waals surface area contributed by atoms with Gasteiger partial charge in [0, 0.05) is 38.4 Å². The van der Waals surface area contributed by atoms with Crippen LogP contribution in [0.1, 0.15) is 12.6 Å². The molecule has 0 radical (unpaired) electrons. The van der Waals surface area contributed by atoms with Gasteiger partial charge in [0.1, 0.15) is 5.65 Å². The van der Waals surface area contributed by atoms with Gasteiger partial charge in [-0.05, 0) is 19.1 Å². The Morgan fingerprint density at radius 3 is 3.24 bits per heavy atom. The second kappa shape index (κ2) is 6.13. The van der Waals surface area contributed by atoms with Crippen LogP contribution in [0.3, 0.4) is 0 Å². The Kier molecular flexibility index (Phi) is 4.06. The second-order valence-corrected chi connectivity index (χ2v) is 5.31. The lowest BCUT2D eigenvalue weighted by atomic mass is 10.3. The Morgan fingerprint density at radius 2 is 2.43 bits per heavy atom. The summed E-state index contributed by atoms with van der Waals surface area (Å²) >= 11 is 0. The average Bonchev–Trinajstić information content (AvgIpc) is 2.89. The first-order valence-corrected chi connectivity index (χ1v) is 7.29. The zero-order chi connectivity index (χ0) is 14.7. The number of urea groups is 1. The van der Waals surface area contributed by atoms with Gasteiger partial charge in [-0.15, -0.1) is 0 Å². The van der Waals surface area contributed by atoms with E-state index in [1.807, 2.05) is 41.9 Å². The molecule has 1 saturated heterocycles. The van der Waals surface area contributed by atoms with Crippen LogP contribution in [0.25, 0.3) is 5.65 Å². The Morgan fingerprint density at radius 1 is 1.52 bits per heavy atom. The van der Waals surface area contributed by atoms with Crippen molar-refractivity contribution in [3.05, 3.63) is 36.3 Å². The summed E-state index contributed by atoms with van der Waals surface area (Å²) in [6.45, 7) is 4.50. The molecule has 1 aliphatic heterocycles. The molecule has 1 fully saturated rings. The molecule has 1 N–H and O–H groups in total.